The van der Waals surface area contributed by atoms with Gasteiger partial charge in [0.15, 0.2) is 0 Å². The average molecular weight is 332 g/mol. The van der Waals surface area contributed by atoms with E-state index in [-0.39, 0.29) is 23.9 Å². The monoisotopic (exact) mass is 332 g/mol. The minimum Gasteiger partial charge on any atom is -0.374 e. The first-order chi connectivity index (χ1) is 11.2. The molecule has 1 saturated carbocycles. The van der Waals surface area contributed by atoms with E-state index in [1.165, 1.54) is 17.4 Å². The molecule has 0 N–H and O–H groups in total. The van der Waals surface area contributed by atoms with Crippen molar-refractivity contribution in [1.29, 1.82) is 0 Å². The quantitative estimate of drug-likeness (QED) is 0.847. The van der Waals surface area contributed by atoms with Gasteiger partial charge in [0.05, 0.1) is 24.9 Å². The van der Waals surface area contributed by atoms with Crippen LogP contribution in [0.25, 0.3) is 10.6 Å². The van der Waals surface area contributed by atoms with Crippen molar-refractivity contribution in [2.75, 3.05) is 13.2 Å². The molecule has 1 aliphatic heterocycles. The number of morpholine rings is 1. The van der Waals surface area contributed by atoms with Crippen LogP contribution in [0.15, 0.2) is 30.5 Å². The first-order valence-electron chi connectivity index (χ1n) is 7.87. The third kappa shape index (κ3) is 2.66. The summed E-state index contributed by atoms with van der Waals surface area (Å²) in [5, 5.41) is 0.544. The molecule has 2 atom stereocenters. The number of amides is 1. The van der Waals surface area contributed by atoms with Crippen LogP contribution in [0.5, 0.6) is 0 Å². The maximum Gasteiger partial charge on any atom is 0.266 e. The normalized spacial score (nSPS) is 23.8. The Balaban J connectivity index is 1.59. The lowest BCUT2D eigenvalue weighted by Gasteiger charge is -2.37. The first-order valence-corrected chi connectivity index (χ1v) is 8.69. The highest BCUT2D eigenvalue weighted by molar-refractivity contribution is 7.16. The molecule has 2 aromatic rings. The van der Waals surface area contributed by atoms with Gasteiger partial charge in [0.2, 0.25) is 0 Å². The minimum atomic E-state index is -0.317. The number of halogens is 1. The van der Waals surface area contributed by atoms with Gasteiger partial charge in [-0.25, -0.2) is 9.37 Å². The summed E-state index contributed by atoms with van der Waals surface area (Å²) >= 11 is 1.25. The molecule has 2 fully saturated rings. The number of hydrogen-bond donors (Lipinski definition) is 0. The number of hydrogen-bond acceptors (Lipinski definition) is 4. The van der Waals surface area contributed by atoms with E-state index in [0.717, 1.165) is 19.3 Å². The second kappa shape index (κ2) is 6.02. The van der Waals surface area contributed by atoms with Crippen LogP contribution in [0, 0.1) is 5.82 Å². The van der Waals surface area contributed by atoms with Crippen molar-refractivity contribution in [3.63, 3.8) is 0 Å². The summed E-state index contributed by atoms with van der Waals surface area (Å²) in [5.41, 5.74) is 0.442. The molecule has 2 heterocycles. The van der Waals surface area contributed by atoms with Crippen molar-refractivity contribution in [3.8, 4) is 10.6 Å². The van der Waals surface area contributed by atoms with E-state index in [1.54, 1.807) is 24.4 Å². The van der Waals surface area contributed by atoms with Gasteiger partial charge in [-0.1, -0.05) is 12.1 Å². The predicted octanol–water partition coefficient (Wildman–Crippen LogP) is 3.34. The number of ether oxygens (including phenoxy) is 1. The van der Waals surface area contributed by atoms with Crippen molar-refractivity contribution >= 4 is 17.2 Å². The van der Waals surface area contributed by atoms with Crippen molar-refractivity contribution in [2.24, 2.45) is 0 Å². The van der Waals surface area contributed by atoms with Gasteiger partial charge in [-0.3, -0.25) is 4.79 Å². The lowest BCUT2D eigenvalue weighted by atomic mass is 10.1. The Labute approximate surface area is 137 Å². The van der Waals surface area contributed by atoms with E-state index in [0.29, 0.717) is 28.6 Å². The van der Waals surface area contributed by atoms with Gasteiger partial charge < -0.3 is 9.64 Å². The van der Waals surface area contributed by atoms with Crippen LogP contribution in [0.4, 0.5) is 4.39 Å². The molecule has 1 amide bonds. The molecule has 4 nitrogen and oxygen atoms in total. The molecule has 1 aromatic heterocycles. The summed E-state index contributed by atoms with van der Waals surface area (Å²) in [6.07, 6.45) is 4.86. The Morgan fingerprint density at radius 1 is 1.35 bits per heavy atom. The van der Waals surface area contributed by atoms with Gasteiger partial charge in [-0.05, 0) is 31.4 Å². The summed E-state index contributed by atoms with van der Waals surface area (Å²) in [7, 11) is 0. The van der Waals surface area contributed by atoms with Crippen LogP contribution in [0.2, 0.25) is 0 Å². The number of carbonyl (C=O) groups is 1. The highest BCUT2D eigenvalue weighted by atomic mass is 32.1. The second-order valence-electron chi connectivity index (χ2n) is 5.92. The molecule has 0 unspecified atom stereocenters. The fourth-order valence-electron chi connectivity index (χ4n) is 3.45. The van der Waals surface area contributed by atoms with Gasteiger partial charge in [0.1, 0.15) is 15.7 Å². The molecule has 6 heteroatoms. The van der Waals surface area contributed by atoms with Crippen LogP contribution in [0.3, 0.4) is 0 Å². The molecule has 4 rings (SSSR count). The zero-order valence-corrected chi connectivity index (χ0v) is 13.4. The third-order valence-electron chi connectivity index (χ3n) is 4.56. The highest BCUT2D eigenvalue weighted by Crippen LogP contribution is 2.33. The lowest BCUT2D eigenvalue weighted by molar-refractivity contribution is -0.0443. The fraction of sp³-hybridized carbons (Fsp3) is 0.412. The number of benzene rings is 1. The van der Waals surface area contributed by atoms with Gasteiger partial charge in [-0.2, -0.15) is 0 Å². The van der Waals surface area contributed by atoms with Crippen molar-refractivity contribution < 1.29 is 13.9 Å². The highest BCUT2D eigenvalue weighted by Gasteiger charge is 2.39. The van der Waals surface area contributed by atoms with Crippen molar-refractivity contribution in [1.82, 2.24) is 9.88 Å². The Kier molecular flexibility index (Phi) is 3.87. The topological polar surface area (TPSA) is 42.4 Å². The molecule has 1 saturated heterocycles. The van der Waals surface area contributed by atoms with Crippen LogP contribution in [-0.4, -0.2) is 41.1 Å². The van der Waals surface area contributed by atoms with Crippen molar-refractivity contribution in [3.05, 3.63) is 41.2 Å². The maximum atomic E-state index is 13.9. The third-order valence-corrected chi connectivity index (χ3v) is 5.58. The summed E-state index contributed by atoms with van der Waals surface area (Å²) in [4.78, 5) is 19.5. The molecule has 0 spiro atoms. The van der Waals surface area contributed by atoms with Crippen molar-refractivity contribution in [2.45, 2.75) is 31.4 Å². The van der Waals surface area contributed by atoms with Gasteiger partial charge in [0, 0.05) is 12.1 Å². The summed E-state index contributed by atoms with van der Waals surface area (Å²) < 4.78 is 19.6. The number of nitrogens with zero attached hydrogens (tertiary/aromatic N) is 2. The Morgan fingerprint density at radius 3 is 3.09 bits per heavy atom. The molecule has 0 radical (unpaired) electrons. The Hall–Kier alpha value is -1.79. The molecule has 1 aliphatic carbocycles. The predicted molar refractivity (Wildman–Crippen MR) is 85.9 cm³/mol. The maximum absolute atomic E-state index is 13.9. The summed E-state index contributed by atoms with van der Waals surface area (Å²) in [6.45, 7) is 1.21. The number of fused-ring (bicyclic) bond motifs is 1. The zero-order chi connectivity index (χ0) is 15.8. The molecule has 120 valence electrons. The van der Waals surface area contributed by atoms with Crippen LogP contribution in [0.1, 0.15) is 28.9 Å². The molecular formula is C17H17FN2O2S. The van der Waals surface area contributed by atoms with Crippen LogP contribution < -0.4 is 0 Å². The smallest absolute Gasteiger partial charge is 0.266 e. The number of aromatic nitrogens is 1. The molecule has 23 heavy (non-hydrogen) atoms. The van der Waals surface area contributed by atoms with E-state index < -0.39 is 0 Å². The van der Waals surface area contributed by atoms with Gasteiger partial charge in [-0.15, -0.1) is 11.3 Å². The van der Waals surface area contributed by atoms with Crippen LogP contribution >= 0.6 is 11.3 Å². The molecule has 0 bridgehead atoms. The number of carbonyl (C=O) groups excluding carboxylic acids is 1. The summed E-state index contributed by atoms with van der Waals surface area (Å²) in [6, 6.07) is 6.68. The number of rotatable bonds is 2. The molecule has 2 aliphatic rings. The van der Waals surface area contributed by atoms with Crippen LogP contribution in [-0.2, 0) is 4.74 Å². The Bertz CT molecular complexity index is 733. The standard InChI is InChI=1S/C17H17FN2O2S/c18-12-5-2-1-4-11(12)16-19-10-15(23-16)17(21)20-8-9-22-14-7-3-6-13(14)20/h1-2,4-5,10,13-14H,3,6-9H2/t13-,14-/m0/s1. The fourth-order valence-corrected chi connectivity index (χ4v) is 4.35. The van der Waals surface area contributed by atoms with E-state index in [2.05, 4.69) is 4.98 Å². The van der Waals surface area contributed by atoms with Gasteiger partial charge >= 0.3 is 0 Å². The van der Waals surface area contributed by atoms with E-state index >= 15 is 0 Å². The average Bonchev–Trinajstić information content (AvgIpc) is 3.23. The largest absolute Gasteiger partial charge is 0.374 e. The summed E-state index contributed by atoms with van der Waals surface area (Å²) in [5.74, 6) is -0.326. The molecule has 1 aromatic carbocycles. The zero-order valence-electron chi connectivity index (χ0n) is 12.6. The first kappa shape index (κ1) is 14.8. The second-order valence-corrected chi connectivity index (χ2v) is 6.95. The van der Waals surface area contributed by atoms with Gasteiger partial charge in [0.25, 0.3) is 5.91 Å². The van der Waals surface area contributed by atoms with E-state index in [1.807, 2.05) is 4.90 Å². The van der Waals surface area contributed by atoms with E-state index in [9.17, 15) is 9.18 Å². The number of thiazole rings is 1. The lowest BCUT2D eigenvalue weighted by Crippen LogP contribution is -2.51. The van der Waals surface area contributed by atoms with E-state index in [4.69, 9.17) is 4.74 Å². The minimum absolute atomic E-state index is 0.00899. The molecular weight excluding hydrogens is 315 g/mol. The SMILES string of the molecule is O=C(c1cnc(-c2ccccc2F)s1)N1CCO[C@H]2CCC[C@@H]21. The Morgan fingerprint density at radius 2 is 2.22 bits per heavy atom.